The van der Waals surface area contributed by atoms with Gasteiger partial charge in [0.05, 0.1) is 12.3 Å². The molecule has 1 N–H and O–H groups in total. The van der Waals surface area contributed by atoms with Gasteiger partial charge in [-0.3, -0.25) is 14.9 Å². The third kappa shape index (κ3) is 5.44. The number of barbiturate groups is 1. The van der Waals surface area contributed by atoms with Crippen molar-refractivity contribution >= 4 is 45.5 Å². The number of nitrogens with one attached hydrogen (secondary N) is 1. The van der Waals surface area contributed by atoms with E-state index in [1.54, 1.807) is 42.5 Å². The van der Waals surface area contributed by atoms with Crippen LogP contribution in [0.2, 0.25) is 0 Å². The maximum absolute atomic E-state index is 13.1. The predicted molar refractivity (Wildman–Crippen MR) is 136 cm³/mol. The largest absolute Gasteiger partial charge is 0.490 e. The third-order valence-electron chi connectivity index (χ3n) is 5.34. The highest BCUT2D eigenvalue weighted by Gasteiger charge is 2.36. The van der Waals surface area contributed by atoms with Crippen molar-refractivity contribution in [2.45, 2.75) is 20.0 Å². The normalized spacial score (nSPS) is 15.7. The van der Waals surface area contributed by atoms with Crippen LogP contribution in [0.5, 0.6) is 11.5 Å². The first-order chi connectivity index (χ1) is 16.9. The second-order valence-electron chi connectivity index (χ2n) is 7.74. The fraction of sp³-hybridized carbons (Fsp3) is 0.148. The van der Waals surface area contributed by atoms with Crippen LogP contribution in [0.15, 0.2) is 82.8 Å². The number of carbonyl (C=O) groups excluding carboxylic acids is 3. The van der Waals surface area contributed by atoms with Gasteiger partial charge in [0.1, 0.15) is 11.7 Å². The molecule has 3 aromatic carbocycles. The molecule has 0 radical (unpaired) electrons. The Kier molecular flexibility index (Phi) is 7.31. The maximum Gasteiger partial charge on any atom is 0.335 e. The molecule has 0 aromatic heterocycles. The Labute approximate surface area is 211 Å². The Morgan fingerprint density at radius 3 is 2.37 bits per heavy atom. The molecule has 0 saturated carbocycles. The molecule has 1 saturated heterocycles. The van der Waals surface area contributed by atoms with Gasteiger partial charge >= 0.3 is 6.03 Å². The average Bonchev–Trinajstić information content (AvgIpc) is 2.85. The lowest BCUT2D eigenvalue weighted by Crippen LogP contribution is -2.54. The summed E-state index contributed by atoms with van der Waals surface area (Å²) in [6, 6.07) is 20.8. The maximum atomic E-state index is 13.1. The second kappa shape index (κ2) is 10.6. The van der Waals surface area contributed by atoms with Gasteiger partial charge in [-0.25, -0.2) is 9.69 Å². The van der Waals surface area contributed by atoms with Gasteiger partial charge in [-0.05, 0) is 67.4 Å². The van der Waals surface area contributed by atoms with Crippen molar-refractivity contribution in [2.75, 3.05) is 11.5 Å². The Bertz CT molecular complexity index is 1290. The topological polar surface area (TPSA) is 84.9 Å². The Morgan fingerprint density at radius 1 is 0.971 bits per heavy atom. The van der Waals surface area contributed by atoms with Crippen LogP contribution in [0.1, 0.15) is 31.1 Å². The van der Waals surface area contributed by atoms with E-state index in [0.717, 1.165) is 14.9 Å². The van der Waals surface area contributed by atoms with Crippen LogP contribution in [0.4, 0.5) is 10.5 Å². The number of nitrogens with zero attached hydrogens (tertiary/aromatic N) is 1. The number of amides is 4. The molecule has 1 aliphatic rings. The molecular weight excluding hydrogens is 512 g/mol. The molecule has 0 unspecified atom stereocenters. The van der Waals surface area contributed by atoms with Crippen molar-refractivity contribution in [3.8, 4) is 11.5 Å². The lowest BCUT2D eigenvalue weighted by Gasteiger charge is -2.26. The van der Waals surface area contributed by atoms with Crippen LogP contribution in [0, 0.1) is 0 Å². The monoisotopic (exact) mass is 534 g/mol. The summed E-state index contributed by atoms with van der Waals surface area (Å²) in [7, 11) is 0. The minimum atomic E-state index is -0.798. The van der Waals surface area contributed by atoms with Gasteiger partial charge in [-0.1, -0.05) is 52.3 Å². The molecule has 35 heavy (non-hydrogen) atoms. The highest BCUT2D eigenvalue weighted by molar-refractivity contribution is 9.10. The Balaban J connectivity index is 1.63. The summed E-state index contributed by atoms with van der Waals surface area (Å²) in [4.78, 5) is 39.0. The lowest BCUT2D eigenvalue weighted by molar-refractivity contribution is -0.122. The van der Waals surface area contributed by atoms with E-state index >= 15 is 0 Å². The lowest BCUT2D eigenvalue weighted by atomic mass is 10.1. The number of halogens is 1. The molecule has 1 fully saturated rings. The van der Waals surface area contributed by atoms with Gasteiger partial charge in [0.25, 0.3) is 11.8 Å². The molecule has 0 bridgehead atoms. The van der Waals surface area contributed by atoms with Crippen LogP contribution in [-0.4, -0.2) is 24.5 Å². The molecule has 1 heterocycles. The van der Waals surface area contributed by atoms with Crippen LogP contribution in [0.3, 0.4) is 0 Å². The standard InChI is InChI=1S/C27H23BrN2O5/c1-3-34-24-16-18(9-14-23(24)35-17(2)19-7-5-4-6-8-19)15-22-25(31)29-27(33)30(26(22)32)21-12-10-20(28)11-13-21/h4-17H,3H2,1-2H3,(H,29,31,33)/b22-15-/t17-/m1/s1. The van der Waals surface area contributed by atoms with Gasteiger partial charge in [0.2, 0.25) is 0 Å². The zero-order chi connectivity index (χ0) is 24.9. The van der Waals surface area contributed by atoms with Crippen molar-refractivity contribution in [2.24, 2.45) is 0 Å². The van der Waals surface area contributed by atoms with E-state index < -0.39 is 17.8 Å². The van der Waals surface area contributed by atoms with Crippen LogP contribution in [-0.2, 0) is 9.59 Å². The molecule has 4 rings (SSSR count). The van der Waals surface area contributed by atoms with Gasteiger partial charge in [-0.15, -0.1) is 0 Å². The van der Waals surface area contributed by atoms with Crippen molar-refractivity contribution in [1.82, 2.24) is 5.32 Å². The molecule has 1 atom stereocenters. The number of rotatable bonds is 7. The molecule has 0 aliphatic carbocycles. The number of anilines is 1. The predicted octanol–water partition coefficient (Wildman–Crippen LogP) is 5.65. The van der Waals surface area contributed by atoms with E-state index in [1.165, 1.54) is 6.08 Å². The van der Waals surface area contributed by atoms with Crippen molar-refractivity contribution in [1.29, 1.82) is 0 Å². The minimum absolute atomic E-state index is 0.165. The third-order valence-corrected chi connectivity index (χ3v) is 5.87. The van der Waals surface area contributed by atoms with Crippen molar-refractivity contribution in [3.05, 3.63) is 94.0 Å². The highest BCUT2D eigenvalue weighted by Crippen LogP contribution is 2.33. The molecule has 178 valence electrons. The summed E-state index contributed by atoms with van der Waals surface area (Å²) >= 11 is 3.33. The zero-order valence-electron chi connectivity index (χ0n) is 19.2. The van der Waals surface area contributed by atoms with Gasteiger partial charge in [0.15, 0.2) is 11.5 Å². The number of urea groups is 1. The van der Waals surface area contributed by atoms with Crippen LogP contribution < -0.4 is 19.7 Å². The van der Waals surface area contributed by atoms with Gasteiger partial charge in [-0.2, -0.15) is 0 Å². The zero-order valence-corrected chi connectivity index (χ0v) is 20.7. The molecule has 0 spiro atoms. The smallest absolute Gasteiger partial charge is 0.335 e. The number of benzene rings is 3. The second-order valence-corrected chi connectivity index (χ2v) is 8.66. The Morgan fingerprint density at radius 2 is 1.69 bits per heavy atom. The van der Waals surface area contributed by atoms with E-state index in [-0.39, 0.29) is 11.7 Å². The van der Waals surface area contributed by atoms with E-state index in [0.29, 0.717) is 29.4 Å². The molecule has 1 aliphatic heterocycles. The number of ether oxygens (including phenoxy) is 2. The van der Waals surface area contributed by atoms with E-state index in [9.17, 15) is 14.4 Å². The number of carbonyl (C=O) groups is 3. The SMILES string of the molecule is CCOc1cc(/C=C2/C(=O)NC(=O)N(c3ccc(Br)cc3)C2=O)ccc1O[C@H](C)c1ccccc1. The molecule has 8 heteroatoms. The van der Waals surface area contributed by atoms with E-state index in [1.807, 2.05) is 44.2 Å². The highest BCUT2D eigenvalue weighted by atomic mass is 79.9. The molecule has 4 amide bonds. The molecule has 3 aromatic rings. The number of hydrogen-bond donors (Lipinski definition) is 1. The summed E-state index contributed by atoms with van der Waals surface area (Å²) in [6.45, 7) is 4.20. The first-order valence-corrected chi connectivity index (χ1v) is 11.8. The Hall–Kier alpha value is -3.91. The van der Waals surface area contributed by atoms with Gasteiger partial charge < -0.3 is 9.47 Å². The summed E-state index contributed by atoms with van der Waals surface area (Å²) in [5.41, 5.74) is 1.75. The number of hydrogen-bond acceptors (Lipinski definition) is 5. The summed E-state index contributed by atoms with van der Waals surface area (Å²) in [5, 5.41) is 2.23. The minimum Gasteiger partial charge on any atom is -0.490 e. The first-order valence-electron chi connectivity index (χ1n) is 11.0. The van der Waals surface area contributed by atoms with E-state index in [4.69, 9.17) is 9.47 Å². The number of imide groups is 2. The van der Waals surface area contributed by atoms with Crippen LogP contribution in [0.25, 0.3) is 6.08 Å². The van der Waals surface area contributed by atoms with Crippen LogP contribution >= 0.6 is 15.9 Å². The van der Waals surface area contributed by atoms with Crippen molar-refractivity contribution < 1.29 is 23.9 Å². The first kappa shape index (κ1) is 24.2. The fourth-order valence-electron chi connectivity index (χ4n) is 3.61. The fourth-order valence-corrected chi connectivity index (χ4v) is 3.88. The quantitative estimate of drug-likeness (QED) is 0.312. The van der Waals surface area contributed by atoms with Crippen molar-refractivity contribution in [3.63, 3.8) is 0 Å². The summed E-state index contributed by atoms with van der Waals surface area (Å²) in [6.07, 6.45) is 1.22. The molecular formula is C27H23BrN2O5. The summed E-state index contributed by atoms with van der Waals surface area (Å²) in [5.74, 6) is -0.452. The molecule has 7 nitrogen and oxygen atoms in total. The van der Waals surface area contributed by atoms with Gasteiger partial charge in [0, 0.05) is 4.47 Å². The summed E-state index contributed by atoms with van der Waals surface area (Å²) < 4.78 is 12.7. The average molecular weight is 535 g/mol. The van der Waals surface area contributed by atoms with E-state index in [2.05, 4.69) is 21.2 Å².